The third kappa shape index (κ3) is 4.64. The van der Waals surface area contributed by atoms with Crippen LogP contribution in [0.2, 0.25) is 0 Å². The first-order valence-electron chi connectivity index (χ1n) is 5.64. The van der Waals surface area contributed by atoms with Crippen molar-refractivity contribution in [1.29, 1.82) is 0 Å². The van der Waals surface area contributed by atoms with E-state index in [2.05, 4.69) is 19.2 Å². The number of thioether (sulfide) groups is 1. The van der Waals surface area contributed by atoms with E-state index >= 15 is 0 Å². The number of carbonyl (C=O) groups is 1. The van der Waals surface area contributed by atoms with Crippen LogP contribution < -0.4 is 5.32 Å². The third-order valence-electron chi connectivity index (χ3n) is 2.67. The van der Waals surface area contributed by atoms with E-state index in [1.165, 1.54) is 12.8 Å². The summed E-state index contributed by atoms with van der Waals surface area (Å²) < 4.78 is 0. The number of hydrogen-bond acceptors (Lipinski definition) is 2. The van der Waals surface area contributed by atoms with Crippen LogP contribution in [0.4, 0.5) is 0 Å². The molecular formula is C11H20ClNOS. The normalized spacial score (nSPS) is 23.9. The number of hydrogen-bond donors (Lipinski definition) is 1. The highest BCUT2D eigenvalue weighted by atomic mass is 35.5. The summed E-state index contributed by atoms with van der Waals surface area (Å²) in [5.41, 5.74) is 0. The molecule has 2 atom stereocenters. The van der Waals surface area contributed by atoms with E-state index in [0.717, 1.165) is 12.2 Å². The average molecular weight is 250 g/mol. The minimum absolute atomic E-state index is 0.0440. The Morgan fingerprint density at radius 1 is 1.53 bits per heavy atom. The quantitative estimate of drug-likeness (QED) is 0.777. The molecule has 0 radical (unpaired) electrons. The van der Waals surface area contributed by atoms with Gasteiger partial charge in [0, 0.05) is 6.54 Å². The van der Waals surface area contributed by atoms with Crippen LogP contribution in [0.15, 0.2) is 0 Å². The van der Waals surface area contributed by atoms with Gasteiger partial charge in [0.1, 0.15) is 0 Å². The Morgan fingerprint density at radius 3 is 2.80 bits per heavy atom. The average Bonchev–Trinajstić information content (AvgIpc) is 2.26. The molecule has 1 saturated heterocycles. The van der Waals surface area contributed by atoms with Crippen molar-refractivity contribution >= 4 is 29.3 Å². The van der Waals surface area contributed by atoms with Crippen molar-refractivity contribution < 1.29 is 4.79 Å². The van der Waals surface area contributed by atoms with Crippen LogP contribution in [0.3, 0.4) is 0 Å². The molecule has 1 amide bonds. The van der Waals surface area contributed by atoms with Gasteiger partial charge in [-0.05, 0) is 24.5 Å². The molecule has 0 spiro atoms. The van der Waals surface area contributed by atoms with E-state index in [1.54, 1.807) is 11.8 Å². The monoisotopic (exact) mass is 249 g/mol. The highest BCUT2D eigenvalue weighted by Gasteiger charge is 2.22. The predicted molar refractivity (Wildman–Crippen MR) is 67.6 cm³/mol. The van der Waals surface area contributed by atoms with Gasteiger partial charge in [0.25, 0.3) is 0 Å². The molecular weight excluding hydrogens is 230 g/mol. The molecule has 1 rings (SSSR count). The van der Waals surface area contributed by atoms with Crippen molar-refractivity contribution in [3.63, 3.8) is 0 Å². The van der Waals surface area contributed by atoms with Gasteiger partial charge < -0.3 is 5.32 Å². The summed E-state index contributed by atoms with van der Waals surface area (Å²) in [4.78, 5) is 11.7. The Kier molecular flexibility index (Phi) is 5.83. The highest BCUT2D eigenvalue weighted by Crippen LogP contribution is 2.25. The van der Waals surface area contributed by atoms with Gasteiger partial charge in [-0.2, -0.15) is 0 Å². The second kappa shape index (κ2) is 6.64. The second-order valence-corrected chi connectivity index (χ2v) is 6.23. The van der Waals surface area contributed by atoms with Crippen LogP contribution in [-0.2, 0) is 4.79 Å². The summed E-state index contributed by atoms with van der Waals surface area (Å²) in [5.74, 6) is 1.70. The molecule has 0 saturated carbocycles. The molecule has 1 aliphatic rings. The summed E-state index contributed by atoms with van der Waals surface area (Å²) in [6, 6.07) is 0. The molecule has 4 heteroatoms. The predicted octanol–water partition coefficient (Wildman–Crippen LogP) is 2.65. The van der Waals surface area contributed by atoms with E-state index in [0.29, 0.717) is 12.5 Å². The fraction of sp³-hybridized carbons (Fsp3) is 0.909. The Balaban J connectivity index is 2.22. The number of halogens is 1. The van der Waals surface area contributed by atoms with Gasteiger partial charge in [0.15, 0.2) is 0 Å². The maximum Gasteiger partial charge on any atom is 0.233 e. The molecule has 15 heavy (non-hydrogen) atoms. The lowest BCUT2D eigenvalue weighted by molar-refractivity contribution is -0.120. The van der Waals surface area contributed by atoms with E-state index in [4.69, 9.17) is 11.6 Å². The lowest BCUT2D eigenvalue weighted by atomic mass is 10.1. The number of amides is 1. The van der Waals surface area contributed by atoms with Crippen molar-refractivity contribution in [1.82, 2.24) is 5.32 Å². The SMILES string of the molecule is CC(C)C(Cl)CNC(=O)C1CCCCS1. The summed E-state index contributed by atoms with van der Waals surface area (Å²) >= 11 is 7.85. The minimum atomic E-state index is 0.0440. The Morgan fingerprint density at radius 2 is 2.27 bits per heavy atom. The van der Waals surface area contributed by atoms with Gasteiger partial charge in [0.2, 0.25) is 5.91 Å². The van der Waals surface area contributed by atoms with Crippen LogP contribution >= 0.6 is 23.4 Å². The molecule has 1 aliphatic heterocycles. The molecule has 0 aromatic rings. The van der Waals surface area contributed by atoms with Crippen LogP contribution in [0.1, 0.15) is 33.1 Å². The fourth-order valence-corrected chi connectivity index (χ4v) is 2.80. The van der Waals surface area contributed by atoms with Gasteiger partial charge in [-0.3, -0.25) is 4.79 Å². The topological polar surface area (TPSA) is 29.1 Å². The summed E-state index contributed by atoms with van der Waals surface area (Å²) in [7, 11) is 0. The molecule has 0 aromatic carbocycles. The number of carbonyl (C=O) groups excluding carboxylic acids is 1. The first-order chi connectivity index (χ1) is 7.11. The second-order valence-electron chi connectivity index (χ2n) is 4.36. The maximum atomic E-state index is 11.7. The van der Waals surface area contributed by atoms with Gasteiger partial charge in [-0.25, -0.2) is 0 Å². The van der Waals surface area contributed by atoms with Crippen molar-refractivity contribution in [2.24, 2.45) is 5.92 Å². The first-order valence-corrected chi connectivity index (χ1v) is 7.13. The van der Waals surface area contributed by atoms with Crippen LogP contribution in [-0.4, -0.2) is 28.8 Å². The Hall–Kier alpha value is 0.110. The summed E-state index contributed by atoms with van der Waals surface area (Å²) in [6.45, 7) is 4.73. The molecule has 88 valence electrons. The fourth-order valence-electron chi connectivity index (χ4n) is 1.50. The van der Waals surface area contributed by atoms with E-state index in [9.17, 15) is 4.79 Å². The summed E-state index contributed by atoms with van der Waals surface area (Å²) in [6.07, 6.45) is 3.45. The molecule has 0 aromatic heterocycles. The standard InChI is InChI=1S/C11H20ClNOS/c1-8(2)9(12)7-13-11(14)10-5-3-4-6-15-10/h8-10H,3-7H2,1-2H3,(H,13,14). The van der Waals surface area contributed by atoms with E-state index in [1.807, 2.05) is 0 Å². The molecule has 2 nitrogen and oxygen atoms in total. The van der Waals surface area contributed by atoms with Crippen molar-refractivity contribution in [2.75, 3.05) is 12.3 Å². The minimum Gasteiger partial charge on any atom is -0.354 e. The zero-order valence-electron chi connectivity index (χ0n) is 9.46. The lowest BCUT2D eigenvalue weighted by Crippen LogP contribution is -2.38. The van der Waals surface area contributed by atoms with Gasteiger partial charge in [-0.15, -0.1) is 23.4 Å². The molecule has 1 heterocycles. The van der Waals surface area contributed by atoms with Crippen LogP contribution in [0, 0.1) is 5.92 Å². The zero-order valence-corrected chi connectivity index (χ0v) is 11.0. The van der Waals surface area contributed by atoms with Crippen LogP contribution in [0.25, 0.3) is 0 Å². The molecule has 1 fully saturated rings. The van der Waals surface area contributed by atoms with Gasteiger partial charge >= 0.3 is 0 Å². The van der Waals surface area contributed by atoms with Crippen molar-refractivity contribution in [2.45, 2.75) is 43.7 Å². The third-order valence-corrected chi connectivity index (χ3v) is 4.70. The van der Waals surface area contributed by atoms with Crippen molar-refractivity contribution in [3.8, 4) is 0 Å². The zero-order chi connectivity index (χ0) is 11.3. The lowest BCUT2D eigenvalue weighted by Gasteiger charge is -2.21. The smallest absolute Gasteiger partial charge is 0.233 e. The highest BCUT2D eigenvalue weighted by molar-refractivity contribution is 8.00. The number of rotatable bonds is 4. The van der Waals surface area contributed by atoms with Crippen molar-refractivity contribution in [3.05, 3.63) is 0 Å². The molecule has 2 unspecified atom stereocenters. The van der Waals surface area contributed by atoms with Gasteiger partial charge in [-0.1, -0.05) is 20.3 Å². The summed E-state index contributed by atoms with van der Waals surface area (Å²) in [5, 5.41) is 3.15. The van der Waals surface area contributed by atoms with Gasteiger partial charge in [0.05, 0.1) is 10.6 Å². The Labute approximate surface area is 102 Å². The first kappa shape index (κ1) is 13.2. The Bertz CT molecular complexity index is 205. The number of alkyl halides is 1. The van der Waals surface area contributed by atoms with E-state index < -0.39 is 0 Å². The largest absolute Gasteiger partial charge is 0.354 e. The molecule has 0 aliphatic carbocycles. The van der Waals surface area contributed by atoms with E-state index in [-0.39, 0.29) is 16.5 Å². The maximum absolute atomic E-state index is 11.7. The molecule has 0 bridgehead atoms. The number of nitrogens with one attached hydrogen (secondary N) is 1. The van der Waals surface area contributed by atoms with Crippen LogP contribution in [0.5, 0.6) is 0 Å². The molecule has 1 N–H and O–H groups in total.